The number of Topliss-reactive ketones (excluding diaryl/α,β-unsaturated/α-hetero) is 1. The van der Waals surface area contributed by atoms with Crippen LogP contribution in [0.15, 0.2) is 36.4 Å². The zero-order valence-electron chi connectivity index (χ0n) is 9.61. The lowest BCUT2D eigenvalue weighted by Crippen LogP contribution is -2.03. The molecule has 1 fully saturated rings. The Balaban J connectivity index is 2.17. The molecule has 0 saturated heterocycles. The van der Waals surface area contributed by atoms with E-state index in [4.69, 9.17) is 11.6 Å². The van der Waals surface area contributed by atoms with Crippen LogP contribution in [0.3, 0.4) is 0 Å². The Kier molecular flexibility index (Phi) is 2.44. The molecule has 0 N–H and O–H groups in total. The first-order valence-electron chi connectivity index (χ1n) is 5.90. The molecule has 1 nitrogen and oxygen atoms in total. The summed E-state index contributed by atoms with van der Waals surface area (Å²) in [6.07, 6.45) is 1.02. The highest BCUT2D eigenvalue weighted by Gasteiger charge is 2.39. The third-order valence-corrected chi connectivity index (χ3v) is 3.91. The van der Waals surface area contributed by atoms with Gasteiger partial charge in [0.25, 0.3) is 0 Å². The Bertz CT molecular complexity index is 603. The first-order chi connectivity index (χ1) is 8.18. The molecule has 0 aromatic heterocycles. The standard InChI is InChI=1S/C15H13ClO/c1-9-8-13(9)15(17)12-6-7-14(16)11-5-3-2-4-10(11)12/h2-7,9,13H,8H2,1H3. The predicted molar refractivity (Wildman–Crippen MR) is 70.6 cm³/mol. The molecule has 17 heavy (non-hydrogen) atoms. The molecule has 1 saturated carbocycles. The molecule has 0 spiro atoms. The maximum absolute atomic E-state index is 12.3. The van der Waals surface area contributed by atoms with Gasteiger partial charge in [0.2, 0.25) is 0 Å². The van der Waals surface area contributed by atoms with E-state index in [2.05, 4.69) is 6.92 Å². The first-order valence-corrected chi connectivity index (χ1v) is 6.27. The van der Waals surface area contributed by atoms with Gasteiger partial charge in [0.05, 0.1) is 0 Å². The summed E-state index contributed by atoms with van der Waals surface area (Å²) in [6.45, 7) is 2.13. The highest BCUT2D eigenvalue weighted by Crippen LogP contribution is 2.41. The van der Waals surface area contributed by atoms with Gasteiger partial charge in [-0.2, -0.15) is 0 Å². The summed E-state index contributed by atoms with van der Waals surface area (Å²) in [4.78, 5) is 12.3. The van der Waals surface area contributed by atoms with Gasteiger partial charge in [-0.25, -0.2) is 0 Å². The van der Waals surface area contributed by atoms with Crippen molar-refractivity contribution >= 4 is 28.2 Å². The molecule has 0 bridgehead atoms. The minimum Gasteiger partial charge on any atom is -0.294 e. The first kappa shape index (κ1) is 10.8. The van der Waals surface area contributed by atoms with Gasteiger partial charge < -0.3 is 0 Å². The average molecular weight is 245 g/mol. The monoisotopic (exact) mass is 244 g/mol. The minimum atomic E-state index is 0.222. The van der Waals surface area contributed by atoms with Crippen LogP contribution in [0.25, 0.3) is 10.8 Å². The van der Waals surface area contributed by atoms with E-state index in [1.54, 1.807) is 0 Å². The molecule has 2 unspecified atom stereocenters. The highest BCUT2D eigenvalue weighted by molar-refractivity contribution is 6.36. The average Bonchev–Trinajstić information content (AvgIpc) is 3.07. The zero-order valence-corrected chi connectivity index (χ0v) is 10.4. The van der Waals surface area contributed by atoms with E-state index < -0.39 is 0 Å². The van der Waals surface area contributed by atoms with Crippen LogP contribution in [-0.2, 0) is 0 Å². The van der Waals surface area contributed by atoms with E-state index in [0.29, 0.717) is 10.9 Å². The lowest BCUT2D eigenvalue weighted by atomic mass is 9.98. The largest absolute Gasteiger partial charge is 0.294 e. The van der Waals surface area contributed by atoms with Crippen molar-refractivity contribution in [3.8, 4) is 0 Å². The van der Waals surface area contributed by atoms with Gasteiger partial charge in [-0.15, -0.1) is 0 Å². The molecule has 1 aliphatic carbocycles. The Morgan fingerprint density at radius 2 is 1.82 bits per heavy atom. The van der Waals surface area contributed by atoms with Gasteiger partial charge in [-0.05, 0) is 29.9 Å². The predicted octanol–water partition coefficient (Wildman–Crippen LogP) is 4.33. The van der Waals surface area contributed by atoms with E-state index in [1.807, 2.05) is 36.4 Å². The molecule has 0 radical (unpaired) electrons. The molecular formula is C15H13ClO. The third kappa shape index (κ3) is 1.75. The van der Waals surface area contributed by atoms with Gasteiger partial charge in [-0.1, -0.05) is 42.8 Å². The number of carbonyl (C=O) groups is 1. The van der Waals surface area contributed by atoms with Crippen LogP contribution >= 0.6 is 11.6 Å². The Labute approximate surface area is 105 Å². The number of ketones is 1. The number of rotatable bonds is 2. The summed E-state index contributed by atoms with van der Waals surface area (Å²) in [5, 5.41) is 2.65. The van der Waals surface area contributed by atoms with Gasteiger partial charge in [-0.3, -0.25) is 4.79 Å². The van der Waals surface area contributed by atoms with Crippen LogP contribution in [0.4, 0.5) is 0 Å². The van der Waals surface area contributed by atoms with Crippen LogP contribution in [-0.4, -0.2) is 5.78 Å². The van der Waals surface area contributed by atoms with Crippen molar-refractivity contribution < 1.29 is 4.79 Å². The normalized spacial score (nSPS) is 22.7. The number of hydrogen-bond acceptors (Lipinski definition) is 1. The van der Waals surface area contributed by atoms with Crippen molar-refractivity contribution in [2.45, 2.75) is 13.3 Å². The maximum atomic E-state index is 12.3. The number of halogens is 1. The van der Waals surface area contributed by atoms with Crippen molar-refractivity contribution in [2.24, 2.45) is 11.8 Å². The number of carbonyl (C=O) groups excluding carboxylic acids is 1. The molecule has 2 aromatic rings. The minimum absolute atomic E-state index is 0.222. The number of hydrogen-bond donors (Lipinski definition) is 0. The van der Waals surface area contributed by atoms with Crippen molar-refractivity contribution in [2.75, 3.05) is 0 Å². The van der Waals surface area contributed by atoms with Crippen LogP contribution in [0.1, 0.15) is 23.7 Å². The quantitative estimate of drug-likeness (QED) is 0.719. The topological polar surface area (TPSA) is 17.1 Å². The fraction of sp³-hybridized carbons (Fsp3) is 0.267. The summed E-state index contributed by atoms with van der Waals surface area (Å²) >= 11 is 6.15. The van der Waals surface area contributed by atoms with Crippen molar-refractivity contribution in [3.63, 3.8) is 0 Å². The highest BCUT2D eigenvalue weighted by atomic mass is 35.5. The van der Waals surface area contributed by atoms with Crippen molar-refractivity contribution in [3.05, 3.63) is 47.0 Å². The van der Waals surface area contributed by atoms with Gasteiger partial charge in [0.15, 0.2) is 5.78 Å². The summed E-state index contributed by atoms with van der Waals surface area (Å²) in [5.41, 5.74) is 0.819. The Morgan fingerprint density at radius 3 is 2.47 bits per heavy atom. The van der Waals surface area contributed by atoms with E-state index in [9.17, 15) is 4.79 Å². The molecule has 0 aliphatic heterocycles. The lowest BCUT2D eigenvalue weighted by Gasteiger charge is -2.06. The molecule has 0 amide bonds. The zero-order chi connectivity index (χ0) is 12.0. The number of fused-ring (bicyclic) bond motifs is 1. The molecule has 2 atom stereocenters. The van der Waals surface area contributed by atoms with E-state index >= 15 is 0 Å². The SMILES string of the molecule is CC1CC1C(=O)c1ccc(Cl)c2ccccc12. The summed E-state index contributed by atoms with van der Waals surface area (Å²) in [6, 6.07) is 11.5. The summed E-state index contributed by atoms with van der Waals surface area (Å²) in [7, 11) is 0. The lowest BCUT2D eigenvalue weighted by molar-refractivity contribution is 0.0964. The molecule has 1 aliphatic rings. The fourth-order valence-electron chi connectivity index (χ4n) is 2.36. The summed E-state index contributed by atoms with van der Waals surface area (Å²) < 4.78 is 0. The van der Waals surface area contributed by atoms with Gasteiger partial charge >= 0.3 is 0 Å². The molecule has 3 rings (SSSR count). The molecule has 86 valence electrons. The van der Waals surface area contributed by atoms with E-state index in [1.165, 1.54) is 0 Å². The third-order valence-electron chi connectivity index (χ3n) is 3.58. The fourth-order valence-corrected chi connectivity index (χ4v) is 2.59. The Morgan fingerprint density at radius 1 is 1.18 bits per heavy atom. The number of benzene rings is 2. The Hall–Kier alpha value is -1.34. The van der Waals surface area contributed by atoms with Crippen molar-refractivity contribution in [1.82, 2.24) is 0 Å². The van der Waals surface area contributed by atoms with Gasteiger partial charge in [0.1, 0.15) is 0 Å². The van der Waals surface area contributed by atoms with E-state index in [0.717, 1.165) is 22.8 Å². The summed E-state index contributed by atoms with van der Waals surface area (Å²) in [5.74, 6) is 1.03. The van der Waals surface area contributed by atoms with Crippen LogP contribution < -0.4 is 0 Å². The van der Waals surface area contributed by atoms with Crippen LogP contribution in [0, 0.1) is 11.8 Å². The van der Waals surface area contributed by atoms with Gasteiger partial charge in [0, 0.05) is 21.9 Å². The second-order valence-corrected chi connectivity index (χ2v) is 5.23. The van der Waals surface area contributed by atoms with E-state index in [-0.39, 0.29) is 11.7 Å². The second kappa shape index (κ2) is 3.85. The molecule has 2 heteroatoms. The van der Waals surface area contributed by atoms with Crippen LogP contribution in [0.2, 0.25) is 5.02 Å². The maximum Gasteiger partial charge on any atom is 0.166 e. The molecule has 0 heterocycles. The molecular weight excluding hydrogens is 232 g/mol. The second-order valence-electron chi connectivity index (χ2n) is 4.82. The molecule has 2 aromatic carbocycles. The van der Waals surface area contributed by atoms with Crippen LogP contribution in [0.5, 0.6) is 0 Å². The smallest absolute Gasteiger partial charge is 0.166 e. The van der Waals surface area contributed by atoms with Crippen molar-refractivity contribution in [1.29, 1.82) is 0 Å².